The summed E-state index contributed by atoms with van der Waals surface area (Å²) in [5.41, 5.74) is 11.6. The van der Waals surface area contributed by atoms with Gasteiger partial charge in [-0.05, 0) is 79.7 Å². The first kappa shape index (κ1) is 43.5. The number of phenols is 1. The minimum Gasteiger partial charge on any atom is -0.504 e. The summed E-state index contributed by atoms with van der Waals surface area (Å²) in [6, 6.07) is 16.0. The van der Waals surface area contributed by atoms with Crippen LogP contribution in [0.5, 0.6) is 23.0 Å². The van der Waals surface area contributed by atoms with E-state index >= 15 is 0 Å². The van der Waals surface area contributed by atoms with Gasteiger partial charge in [-0.15, -0.1) is 0 Å². The average molecular weight is 831 g/mol. The van der Waals surface area contributed by atoms with Crippen molar-refractivity contribution < 1.29 is 34.3 Å². The van der Waals surface area contributed by atoms with Crippen LogP contribution in [0.2, 0.25) is 0 Å². The molecule has 6 rings (SSSR count). The molecule has 58 heavy (non-hydrogen) atoms. The van der Waals surface area contributed by atoms with E-state index in [2.05, 4.69) is 54.5 Å². The number of hydrogen-bond acceptors (Lipinski definition) is 13. The molecule has 312 valence electrons. The van der Waals surface area contributed by atoms with Gasteiger partial charge in [0.05, 0.1) is 18.8 Å². The number of hydrogen-bond donors (Lipinski definition) is 6. The molecule has 11 nitrogen and oxygen atoms in total. The predicted octanol–water partition coefficient (Wildman–Crippen LogP) is 5.56. The summed E-state index contributed by atoms with van der Waals surface area (Å²) < 4.78 is 18.6. The van der Waals surface area contributed by atoms with Gasteiger partial charge in [-0.2, -0.15) is 0 Å². The Kier molecular flexibility index (Phi) is 16.0. The molecule has 2 bridgehead atoms. The molecule has 5 atom stereocenters. The summed E-state index contributed by atoms with van der Waals surface area (Å²) in [7, 11) is 5.07. The van der Waals surface area contributed by atoms with Crippen LogP contribution in [0.15, 0.2) is 53.5 Å². The Morgan fingerprint density at radius 1 is 1.03 bits per heavy atom. The number of carbonyl (C=O) groups is 1. The molecule has 3 aromatic carbocycles. The lowest BCUT2D eigenvalue weighted by atomic mass is 9.81. The largest absolute Gasteiger partial charge is 0.504 e. The number of ketones is 1. The van der Waals surface area contributed by atoms with Gasteiger partial charge < -0.3 is 40.6 Å². The van der Waals surface area contributed by atoms with Crippen LogP contribution in [-0.2, 0) is 36.9 Å². The van der Waals surface area contributed by atoms with Gasteiger partial charge >= 0.3 is 0 Å². The number of aryl methyl sites for hydroxylation is 3. The number of nitrogens with two attached hydrogens (primary N) is 1. The van der Waals surface area contributed by atoms with Crippen molar-refractivity contribution in [2.45, 2.75) is 90.1 Å². The summed E-state index contributed by atoms with van der Waals surface area (Å²) in [6.45, 7) is 5.72. The molecular weight excluding hydrogens is 773 g/mol. The minimum atomic E-state index is -1.13. The summed E-state index contributed by atoms with van der Waals surface area (Å²) >= 11 is 0. The predicted molar refractivity (Wildman–Crippen MR) is 233 cm³/mol. The number of fused-ring (bicyclic) bond motifs is 5. The Balaban J connectivity index is 1.34. The summed E-state index contributed by atoms with van der Waals surface area (Å²) in [4.78, 5) is 17.8. The quantitative estimate of drug-likeness (QED) is 0.0653. The Hall–Kier alpha value is -4.06. The van der Waals surface area contributed by atoms with Gasteiger partial charge in [0, 0.05) is 60.4 Å². The molecule has 13 heteroatoms. The molecule has 0 saturated heterocycles. The van der Waals surface area contributed by atoms with Gasteiger partial charge in [-0.25, -0.2) is 0 Å². The number of nitrogens with one attached hydrogen (secondary N) is 2. The molecule has 0 saturated carbocycles. The van der Waals surface area contributed by atoms with E-state index in [1.54, 1.807) is 33.7 Å². The van der Waals surface area contributed by atoms with E-state index < -0.39 is 12.4 Å². The maximum Gasteiger partial charge on any atom is 0.201 e. The molecule has 3 aliphatic rings. The van der Waals surface area contributed by atoms with Gasteiger partial charge in [0.15, 0.2) is 29.0 Å². The van der Waals surface area contributed by atoms with Crippen molar-refractivity contribution in [3.8, 4) is 34.8 Å². The number of aliphatic hydroxyl groups excluding tert-OH is 2. The lowest BCUT2D eigenvalue weighted by Gasteiger charge is -2.37. The second-order valence-electron chi connectivity index (χ2n) is 15.7. The Morgan fingerprint density at radius 3 is 2.64 bits per heavy atom. The van der Waals surface area contributed by atoms with Gasteiger partial charge in [0.2, 0.25) is 6.29 Å². The summed E-state index contributed by atoms with van der Waals surface area (Å²) in [5.74, 6) is 9.77. The molecule has 3 aromatic rings. The van der Waals surface area contributed by atoms with Crippen molar-refractivity contribution in [2.24, 2.45) is 28.5 Å². The zero-order valence-corrected chi connectivity index (χ0v) is 35.4. The molecule has 2 aliphatic heterocycles. The maximum atomic E-state index is 13.1. The first-order valence-electron chi connectivity index (χ1n) is 20.4. The van der Waals surface area contributed by atoms with E-state index in [1.807, 2.05) is 18.2 Å². The Morgan fingerprint density at radius 2 is 1.84 bits per heavy atom. The number of benzene rings is 3. The molecule has 2 heterocycles. The molecular formula is C45H58N4O7S2. The number of nitrogens with zero attached hydrogens (tertiary/aromatic N) is 1. The fourth-order valence-electron chi connectivity index (χ4n) is 7.73. The number of phenolic OH excluding ortho intramolecular Hbond substituents is 1. The number of aromatic hydroxyl groups is 1. The highest BCUT2D eigenvalue weighted by molar-refractivity contribution is 8.76. The Labute approximate surface area is 350 Å². The number of ether oxygens (including phenoxy) is 3. The first-order valence-corrected chi connectivity index (χ1v) is 22.9. The van der Waals surface area contributed by atoms with Crippen LogP contribution in [0.25, 0.3) is 0 Å². The third-order valence-electron chi connectivity index (χ3n) is 11.2. The zero-order valence-electron chi connectivity index (χ0n) is 33.8. The minimum absolute atomic E-state index is 0.0301. The zero-order chi connectivity index (χ0) is 41.0. The Bertz CT molecular complexity index is 1950. The second-order valence-corrected chi connectivity index (χ2v) is 18.3. The van der Waals surface area contributed by atoms with Crippen LogP contribution in [0, 0.1) is 29.6 Å². The molecule has 1 aliphatic carbocycles. The molecule has 0 aromatic heterocycles. The van der Waals surface area contributed by atoms with E-state index in [0.717, 1.165) is 53.1 Å². The van der Waals surface area contributed by atoms with Gasteiger partial charge in [-0.1, -0.05) is 89.7 Å². The monoisotopic (exact) mass is 830 g/mol. The molecule has 0 fully saturated rings. The second kappa shape index (κ2) is 21.3. The van der Waals surface area contributed by atoms with Crippen molar-refractivity contribution in [3.05, 3.63) is 81.9 Å². The van der Waals surface area contributed by atoms with Crippen molar-refractivity contribution in [1.29, 1.82) is 0 Å². The van der Waals surface area contributed by atoms with Gasteiger partial charge in [0.25, 0.3) is 0 Å². The summed E-state index contributed by atoms with van der Waals surface area (Å²) in [6.07, 6.45) is 2.18. The first-order chi connectivity index (χ1) is 28.1. The van der Waals surface area contributed by atoms with E-state index in [4.69, 9.17) is 24.9 Å². The van der Waals surface area contributed by atoms with Crippen molar-refractivity contribution in [3.63, 3.8) is 0 Å². The third-order valence-corrected chi connectivity index (χ3v) is 13.7. The number of guanidine groups is 1. The number of aliphatic hydroxyl groups is 2. The standard InChI is InChI=1S/C45H58N4O7S2/c1-28(2)39-26-58-57-25-33(24-48-45(46)49-39)38-23-37-31-15-18-35(51)22-34(50)17-14-30-16-19-40(52)42(54-3)36(30)13-7-12-32(21-31)41(43(37)56-44(38)53)55-27-47-20-8-11-29-9-5-4-6-10-29/h4-6,9-10,16,19,21,28,33,35,38-39,44,47,51-53H,8,11-12,14-15,17-18,20,22-27H2,1-3H3,(H3,46,48,49). The molecule has 5 unspecified atom stereocenters. The fourth-order valence-corrected chi connectivity index (χ4v) is 10.6. The average Bonchev–Trinajstić information content (AvgIpc) is 3.21. The highest BCUT2D eigenvalue weighted by Gasteiger charge is 2.38. The summed E-state index contributed by atoms with van der Waals surface area (Å²) in [5, 5.41) is 40.4. The number of aliphatic imine (C=N–C) groups is 1. The van der Waals surface area contributed by atoms with Gasteiger partial charge in [0.1, 0.15) is 12.5 Å². The van der Waals surface area contributed by atoms with Crippen molar-refractivity contribution >= 4 is 33.3 Å². The van der Waals surface area contributed by atoms with Gasteiger partial charge in [-0.3, -0.25) is 15.1 Å². The molecule has 0 spiro atoms. The SMILES string of the molecule is COc1c(O)ccc2c1C#CCc1cc(c3c(c1OCNCCCc1ccccc1)OC(O)C(C1CN=C(N)NC(C(C)C)CSSC1)C3)CCC(O)CC(=O)CC2. The van der Waals surface area contributed by atoms with E-state index in [1.165, 1.54) is 12.7 Å². The number of carbonyl (C=O) groups excluding carboxylic acids is 1. The molecule has 0 radical (unpaired) electrons. The number of Topliss-reactive ketones (excluding diaryl/α,β-unsaturated/α-hetero) is 1. The van der Waals surface area contributed by atoms with Crippen molar-refractivity contribution in [1.82, 2.24) is 10.6 Å². The van der Waals surface area contributed by atoms with E-state index in [-0.39, 0.29) is 61.2 Å². The van der Waals surface area contributed by atoms with Crippen LogP contribution in [0.3, 0.4) is 0 Å². The van der Waals surface area contributed by atoms with Crippen LogP contribution in [-0.4, -0.2) is 83.9 Å². The van der Waals surface area contributed by atoms with Crippen LogP contribution in [0.1, 0.15) is 72.9 Å². The third kappa shape index (κ3) is 11.6. The lowest BCUT2D eigenvalue weighted by molar-refractivity contribution is -0.121. The van der Waals surface area contributed by atoms with Crippen molar-refractivity contribution in [2.75, 3.05) is 38.4 Å². The fraction of sp³-hybridized carbons (Fsp3) is 0.511. The van der Waals surface area contributed by atoms with E-state index in [0.29, 0.717) is 61.2 Å². The molecule has 7 N–H and O–H groups in total. The highest BCUT2D eigenvalue weighted by atomic mass is 33.1. The smallest absolute Gasteiger partial charge is 0.201 e. The van der Waals surface area contributed by atoms with Crippen LogP contribution in [0.4, 0.5) is 0 Å². The maximum absolute atomic E-state index is 13.1. The normalized spacial score (nSPS) is 23.0. The van der Waals surface area contributed by atoms with Crippen LogP contribution >= 0.6 is 21.6 Å². The number of rotatable bonds is 10. The number of methoxy groups -OCH3 is 1. The topological polar surface area (TPSA) is 168 Å². The van der Waals surface area contributed by atoms with Crippen LogP contribution < -0.4 is 30.6 Å². The highest BCUT2D eigenvalue weighted by Crippen LogP contribution is 2.46. The molecule has 0 amide bonds. The lowest BCUT2D eigenvalue weighted by Crippen LogP contribution is -2.45. The van der Waals surface area contributed by atoms with E-state index in [9.17, 15) is 20.1 Å².